The predicted molar refractivity (Wildman–Crippen MR) is 84.5 cm³/mol. The summed E-state index contributed by atoms with van der Waals surface area (Å²) in [5.74, 6) is 0.744. The highest BCUT2D eigenvalue weighted by Gasteiger charge is 2.20. The maximum atomic E-state index is 6.12. The molecule has 21 heavy (non-hydrogen) atoms. The fraction of sp³-hybridized carbons (Fsp3) is 0.353. The molecule has 1 radical (unpaired) electrons. The van der Waals surface area contributed by atoms with E-state index in [1.165, 1.54) is 0 Å². The third-order valence-corrected chi connectivity index (χ3v) is 3.91. The number of methoxy groups -OCH3 is 1. The Morgan fingerprint density at radius 1 is 1.38 bits per heavy atom. The van der Waals surface area contributed by atoms with E-state index >= 15 is 0 Å². The first kappa shape index (κ1) is 13.9. The van der Waals surface area contributed by atoms with Gasteiger partial charge in [-0.15, -0.1) is 0 Å². The van der Waals surface area contributed by atoms with Crippen LogP contribution in [0.1, 0.15) is 12.8 Å². The minimum atomic E-state index is 0.240. The van der Waals surface area contributed by atoms with Crippen LogP contribution >= 0.6 is 0 Å². The molecule has 1 aliphatic heterocycles. The highest BCUT2D eigenvalue weighted by Crippen LogP contribution is 2.36. The van der Waals surface area contributed by atoms with Crippen molar-refractivity contribution in [2.24, 2.45) is 5.73 Å². The molecule has 2 N–H and O–H groups in total. The number of hydrogen-bond donors (Lipinski definition) is 1. The van der Waals surface area contributed by atoms with E-state index in [1.54, 1.807) is 7.11 Å². The maximum absolute atomic E-state index is 6.12. The molecule has 1 fully saturated rings. The second-order valence-corrected chi connectivity index (χ2v) is 5.36. The molecule has 4 nitrogen and oxygen atoms in total. The average Bonchev–Trinajstić information content (AvgIpc) is 2.55. The molecule has 0 spiro atoms. The van der Waals surface area contributed by atoms with Crippen molar-refractivity contribution < 1.29 is 4.74 Å². The zero-order valence-electron chi connectivity index (χ0n) is 12.2. The normalized spacial score (nSPS) is 18.6. The number of hydrogen-bond acceptors (Lipinski definition) is 4. The smallest absolute Gasteiger partial charge is 0.134 e. The first-order chi connectivity index (χ1) is 10.3. The van der Waals surface area contributed by atoms with Gasteiger partial charge in [0.1, 0.15) is 5.75 Å². The Morgan fingerprint density at radius 2 is 2.29 bits per heavy atom. The average molecular weight is 282 g/mol. The van der Waals surface area contributed by atoms with E-state index in [-0.39, 0.29) is 6.04 Å². The molecule has 109 valence electrons. The molecule has 0 unspecified atom stereocenters. The van der Waals surface area contributed by atoms with Crippen molar-refractivity contribution >= 4 is 5.69 Å². The Bertz CT molecular complexity index is 614. The third kappa shape index (κ3) is 2.85. The summed E-state index contributed by atoms with van der Waals surface area (Å²) in [6.07, 6.45) is 5.94. The van der Waals surface area contributed by atoms with Gasteiger partial charge in [-0.05, 0) is 18.9 Å². The second-order valence-electron chi connectivity index (χ2n) is 5.36. The molecule has 1 aromatic carbocycles. The number of rotatable bonds is 3. The summed E-state index contributed by atoms with van der Waals surface area (Å²) in [5, 5.41) is 0. The Balaban J connectivity index is 2.03. The van der Waals surface area contributed by atoms with E-state index < -0.39 is 0 Å². The van der Waals surface area contributed by atoms with Crippen LogP contribution in [0.2, 0.25) is 0 Å². The van der Waals surface area contributed by atoms with Crippen LogP contribution in [0, 0.1) is 6.07 Å². The predicted octanol–water partition coefficient (Wildman–Crippen LogP) is 2.48. The first-order valence-corrected chi connectivity index (χ1v) is 7.29. The minimum Gasteiger partial charge on any atom is -0.495 e. The lowest BCUT2D eigenvalue weighted by molar-refractivity contribution is 0.415. The van der Waals surface area contributed by atoms with Gasteiger partial charge in [-0.25, -0.2) is 0 Å². The van der Waals surface area contributed by atoms with Crippen LogP contribution in [0.4, 0.5) is 5.69 Å². The number of para-hydroxylation sites is 1. The third-order valence-electron chi connectivity index (χ3n) is 3.91. The van der Waals surface area contributed by atoms with E-state index in [0.29, 0.717) is 0 Å². The SMILES string of the molecule is COc1[c]cccc1-c1cnccc1N1CCC[C@H](N)C1. The number of ether oxygens (including phenoxy) is 1. The molecule has 0 amide bonds. The molecule has 4 heteroatoms. The molecule has 2 heterocycles. The van der Waals surface area contributed by atoms with Crippen LogP contribution in [0.15, 0.2) is 36.7 Å². The molecule has 0 bridgehead atoms. The van der Waals surface area contributed by atoms with E-state index in [2.05, 4.69) is 22.0 Å². The fourth-order valence-electron chi connectivity index (χ4n) is 2.90. The van der Waals surface area contributed by atoms with Crippen molar-refractivity contribution in [3.8, 4) is 16.9 Å². The van der Waals surface area contributed by atoms with Crippen molar-refractivity contribution in [1.82, 2.24) is 4.98 Å². The zero-order chi connectivity index (χ0) is 14.7. The lowest BCUT2D eigenvalue weighted by atomic mass is 10.0. The van der Waals surface area contributed by atoms with Gasteiger partial charge in [-0.1, -0.05) is 18.2 Å². The van der Waals surface area contributed by atoms with Gasteiger partial charge in [-0.3, -0.25) is 4.98 Å². The summed E-state index contributed by atoms with van der Waals surface area (Å²) < 4.78 is 5.44. The van der Waals surface area contributed by atoms with Gasteiger partial charge < -0.3 is 15.4 Å². The summed E-state index contributed by atoms with van der Waals surface area (Å²) in [4.78, 5) is 6.63. The van der Waals surface area contributed by atoms with E-state index in [1.807, 2.05) is 30.6 Å². The Morgan fingerprint density at radius 3 is 3.10 bits per heavy atom. The summed E-state index contributed by atoms with van der Waals surface area (Å²) in [6.45, 7) is 1.92. The first-order valence-electron chi connectivity index (χ1n) is 7.29. The molecular weight excluding hydrogens is 262 g/mol. The topological polar surface area (TPSA) is 51.4 Å². The largest absolute Gasteiger partial charge is 0.495 e. The Labute approximate surface area is 125 Å². The molecule has 1 aliphatic rings. The molecule has 2 aromatic rings. The standard InChI is InChI=1S/C17H20N3O/c1-21-17-7-3-2-6-14(17)15-11-19-9-8-16(15)20-10-4-5-13(18)12-20/h2-3,6,8-9,11,13H,4-5,10,12,18H2,1H3/t13-/m0/s1. The van der Waals surface area contributed by atoms with Crippen molar-refractivity contribution in [1.29, 1.82) is 0 Å². The lowest BCUT2D eigenvalue weighted by Crippen LogP contribution is -2.43. The van der Waals surface area contributed by atoms with Crippen LogP contribution in [-0.4, -0.2) is 31.2 Å². The van der Waals surface area contributed by atoms with Crippen molar-refractivity contribution in [2.75, 3.05) is 25.1 Å². The van der Waals surface area contributed by atoms with Gasteiger partial charge >= 0.3 is 0 Å². The number of nitrogens with zero attached hydrogens (tertiary/aromatic N) is 2. The molecule has 0 aliphatic carbocycles. The highest BCUT2D eigenvalue weighted by molar-refractivity contribution is 5.81. The van der Waals surface area contributed by atoms with E-state index in [9.17, 15) is 0 Å². The van der Waals surface area contributed by atoms with Crippen LogP contribution in [0.5, 0.6) is 5.75 Å². The number of anilines is 1. The van der Waals surface area contributed by atoms with Gasteiger partial charge in [0.15, 0.2) is 0 Å². The van der Waals surface area contributed by atoms with Crippen LogP contribution in [0.3, 0.4) is 0 Å². The van der Waals surface area contributed by atoms with Crippen LogP contribution < -0.4 is 15.4 Å². The quantitative estimate of drug-likeness (QED) is 0.939. The van der Waals surface area contributed by atoms with Gasteiger partial charge in [0.05, 0.1) is 7.11 Å². The second kappa shape index (κ2) is 6.14. The number of benzene rings is 1. The number of nitrogens with two attached hydrogens (primary N) is 1. The van der Waals surface area contributed by atoms with Gasteiger partial charge in [-0.2, -0.15) is 0 Å². The Hall–Kier alpha value is -2.07. The minimum absolute atomic E-state index is 0.240. The summed E-state index contributed by atoms with van der Waals surface area (Å²) in [5.41, 5.74) is 9.37. The fourth-order valence-corrected chi connectivity index (χ4v) is 2.90. The molecule has 1 aromatic heterocycles. The Kier molecular flexibility index (Phi) is 4.06. The molecule has 0 saturated carbocycles. The molecular formula is C17H20N3O. The number of piperidine rings is 1. The summed E-state index contributed by atoms with van der Waals surface area (Å²) in [7, 11) is 1.67. The van der Waals surface area contributed by atoms with Crippen LogP contribution in [-0.2, 0) is 0 Å². The number of pyridine rings is 1. The molecule has 1 atom stereocenters. The summed E-state index contributed by atoms with van der Waals surface area (Å²) >= 11 is 0. The lowest BCUT2D eigenvalue weighted by Gasteiger charge is -2.34. The van der Waals surface area contributed by atoms with E-state index in [4.69, 9.17) is 10.5 Å². The van der Waals surface area contributed by atoms with Gasteiger partial charge in [0, 0.05) is 54.4 Å². The van der Waals surface area contributed by atoms with Crippen molar-refractivity contribution in [3.63, 3.8) is 0 Å². The number of aromatic nitrogens is 1. The molecule has 3 rings (SSSR count). The van der Waals surface area contributed by atoms with Crippen molar-refractivity contribution in [2.45, 2.75) is 18.9 Å². The van der Waals surface area contributed by atoms with Crippen molar-refractivity contribution in [3.05, 3.63) is 42.7 Å². The highest BCUT2D eigenvalue weighted by atomic mass is 16.5. The van der Waals surface area contributed by atoms with Gasteiger partial charge in [0.2, 0.25) is 0 Å². The van der Waals surface area contributed by atoms with E-state index in [0.717, 1.165) is 48.5 Å². The summed E-state index contributed by atoms with van der Waals surface area (Å²) in [6, 6.07) is 11.3. The maximum Gasteiger partial charge on any atom is 0.134 e. The van der Waals surface area contributed by atoms with Gasteiger partial charge in [0.25, 0.3) is 0 Å². The monoisotopic (exact) mass is 282 g/mol. The zero-order valence-corrected chi connectivity index (χ0v) is 12.2. The molecule has 1 saturated heterocycles. The van der Waals surface area contributed by atoms with Crippen LogP contribution in [0.25, 0.3) is 11.1 Å².